The van der Waals surface area contributed by atoms with E-state index in [4.69, 9.17) is 19.9 Å². The summed E-state index contributed by atoms with van der Waals surface area (Å²) in [6.45, 7) is 22.2. The minimum atomic E-state index is 0.114. The Morgan fingerprint density at radius 1 is 1.06 bits per heavy atom. The molecular formula is C44H66N4O2. The summed E-state index contributed by atoms with van der Waals surface area (Å²) in [5, 5.41) is 8.19. The van der Waals surface area contributed by atoms with Crippen LogP contribution in [0.4, 0.5) is 0 Å². The lowest BCUT2D eigenvalue weighted by molar-refractivity contribution is -0.0142. The van der Waals surface area contributed by atoms with Gasteiger partial charge in [0.25, 0.3) is 0 Å². The molecule has 1 N–H and O–H groups in total. The van der Waals surface area contributed by atoms with Gasteiger partial charge in [0.15, 0.2) is 0 Å². The number of morpholine rings is 1. The number of hydrogen-bond donors (Lipinski definition) is 1. The number of nitrogens with one attached hydrogen (secondary N) is 1. The largest absolute Gasteiger partial charge is 0.496 e. The van der Waals surface area contributed by atoms with Crippen LogP contribution in [0.25, 0.3) is 5.57 Å². The Bertz CT molecular complexity index is 1460. The van der Waals surface area contributed by atoms with Crippen LogP contribution in [0.1, 0.15) is 128 Å². The summed E-state index contributed by atoms with van der Waals surface area (Å²) in [5.74, 6) is 7.09. The minimum absolute atomic E-state index is 0.114. The first-order valence-electron chi connectivity index (χ1n) is 19.0. The predicted octanol–water partition coefficient (Wildman–Crippen LogP) is 10.4. The highest BCUT2D eigenvalue weighted by Gasteiger charge is 2.36. The van der Waals surface area contributed by atoms with Gasteiger partial charge in [0.05, 0.1) is 32.1 Å². The molecule has 2 saturated heterocycles. The number of ether oxygens (including phenoxy) is 2. The molecule has 2 aromatic rings. The van der Waals surface area contributed by atoms with Crippen molar-refractivity contribution in [2.24, 2.45) is 4.99 Å². The number of methoxy groups -OCH3 is 1. The van der Waals surface area contributed by atoms with Crippen molar-refractivity contribution >= 4 is 17.5 Å². The van der Waals surface area contributed by atoms with Gasteiger partial charge in [-0.25, -0.2) is 0 Å². The number of aryl methyl sites for hydroxylation is 3. The molecule has 6 heteroatoms. The zero-order valence-electron chi connectivity index (χ0n) is 33.0. The number of aromatic nitrogens is 1. The van der Waals surface area contributed by atoms with Crippen molar-refractivity contribution in [1.29, 1.82) is 5.41 Å². The van der Waals surface area contributed by atoms with E-state index in [0.717, 1.165) is 85.5 Å². The summed E-state index contributed by atoms with van der Waals surface area (Å²) in [4.78, 5) is 12.0. The van der Waals surface area contributed by atoms with E-state index < -0.39 is 0 Å². The normalized spacial score (nSPS) is 17.2. The molecule has 0 amide bonds. The molecule has 6 nitrogen and oxygen atoms in total. The molecule has 50 heavy (non-hydrogen) atoms. The van der Waals surface area contributed by atoms with Crippen LogP contribution >= 0.6 is 0 Å². The molecule has 3 atom stereocenters. The fourth-order valence-electron chi connectivity index (χ4n) is 6.30. The van der Waals surface area contributed by atoms with Crippen molar-refractivity contribution in [2.75, 3.05) is 26.9 Å². The highest BCUT2D eigenvalue weighted by molar-refractivity contribution is 6.10. The number of aliphatic imine (C=N–C) groups is 1. The molecule has 2 fully saturated rings. The molecule has 2 aliphatic rings. The van der Waals surface area contributed by atoms with Crippen molar-refractivity contribution in [3.63, 3.8) is 0 Å². The molecule has 0 saturated carbocycles. The first-order chi connectivity index (χ1) is 24.1. The van der Waals surface area contributed by atoms with Crippen LogP contribution in [-0.4, -0.2) is 66.8 Å². The van der Waals surface area contributed by atoms with E-state index in [1.165, 1.54) is 48.9 Å². The molecule has 2 bridgehead atoms. The standard InChI is InChI=1S/C24H33N3.C11H16O.C9H17NO/c1-7-10-11-12-14-20(9-3)26-16-21(18(4)5)24-15-19(6)22(17-27-24)23(25)13-8-2;1-4-5-10-7-6-9(2)8-11(10)12-3;1-2-5-10-8-3-4-9(10)7-11-6-8/h12,14-17,20,25H,7-9,13H2,1-6H3;6-8H,4-5H2,1-3H3;8-9H,2-7H2,1H3/b14-12-,25-23?,26-16?;;. The maximum Gasteiger partial charge on any atom is 0.122 e. The van der Waals surface area contributed by atoms with Crippen LogP contribution in [0.15, 0.2) is 53.2 Å². The smallest absolute Gasteiger partial charge is 0.122 e. The van der Waals surface area contributed by atoms with Gasteiger partial charge >= 0.3 is 0 Å². The number of hydrogen-bond acceptors (Lipinski definition) is 6. The van der Waals surface area contributed by atoms with Gasteiger partial charge < -0.3 is 14.9 Å². The van der Waals surface area contributed by atoms with E-state index in [1.807, 2.05) is 25.4 Å². The summed E-state index contributed by atoms with van der Waals surface area (Å²) >= 11 is 0. The first-order valence-corrected chi connectivity index (χ1v) is 19.0. The monoisotopic (exact) mass is 683 g/mol. The molecule has 0 radical (unpaired) electrons. The third-order valence-corrected chi connectivity index (χ3v) is 9.08. The third-order valence-electron chi connectivity index (χ3n) is 9.08. The topological polar surface area (TPSA) is 70.8 Å². The first kappa shape index (κ1) is 42.6. The number of nitrogens with zero attached hydrogens (tertiary/aromatic N) is 3. The van der Waals surface area contributed by atoms with Crippen LogP contribution in [0.3, 0.4) is 0 Å². The van der Waals surface area contributed by atoms with E-state index in [1.54, 1.807) is 7.11 Å². The van der Waals surface area contributed by atoms with Gasteiger partial charge in [-0.2, -0.15) is 0 Å². The average molecular weight is 683 g/mol. The molecule has 274 valence electrons. The number of pyridine rings is 1. The molecule has 0 aliphatic carbocycles. The highest BCUT2D eigenvalue weighted by Crippen LogP contribution is 2.28. The molecule has 0 spiro atoms. The number of fused-ring (bicyclic) bond motifs is 2. The Balaban J connectivity index is 0.000000306. The lowest BCUT2D eigenvalue weighted by Gasteiger charge is -2.34. The molecule has 3 unspecified atom stereocenters. The number of benzene rings is 1. The molecule has 2 aliphatic heterocycles. The maximum atomic E-state index is 8.19. The molecule has 1 aromatic heterocycles. The van der Waals surface area contributed by atoms with Crippen LogP contribution in [0.5, 0.6) is 5.75 Å². The van der Waals surface area contributed by atoms with Gasteiger partial charge in [0.1, 0.15) is 5.75 Å². The van der Waals surface area contributed by atoms with Crippen LogP contribution in [-0.2, 0) is 11.2 Å². The van der Waals surface area contributed by atoms with Crippen molar-refractivity contribution in [2.45, 2.75) is 138 Å². The quantitative estimate of drug-likeness (QED) is 0.169. The summed E-state index contributed by atoms with van der Waals surface area (Å²) in [5.41, 5.74) is 8.38. The zero-order chi connectivity index (χ0) is 36.9. The Labute approximate surface area is 305 Å². The van der Waals surface area contributed by atoms with E-state index in [9.17, 15) is 0 Å². The van der Waals surface area contributed by atoms with Gasteiger partial charge in [0, 0.05) is 47.8 Å². The zero-order valence-corrected chi connectivity index (χ0v) is 33.0. The lowest BCUT2D eigenvalue weighted by Crippen LogP contribution is -2.45. The van der Waals surface area contributed by atoms with Crippen LogP contribution in [0.2, 0.25) is 0 Å². The molecule has 3 heterocycles. The Kier molecular flexibility index (Phi) is 20.3. The van der Waals surface area contributed by atoms with Gasteiger partial charge in [0.2, 0.25) is 0 Å². The Morgan fingerprint density at radius 2 is 1.78 bits per heavy atom. The van der Waals surface area contributed by atoms with Crippen LogP contribution in [0, 0.1) is 31.1 Å². The summed E-state index contributed by atoms with van der Waals surface area (Å²) in [7, 11) is 1.73. The second-order valence-electron chi connectivity index (χ2n) is 13.5. The highest BCUT2D eigenvalue weighted by atomic mass is 16.5. The summed E-state index contributed by atoms with van der Waals surface area (Å²) in [6, 6.07) is 10.1. The Hall–Kier alpha value is -3.53. The number of rotatable bonds is 13. The lowest BCUT2D eigenvalue weighted by atomic mass is 10.00. The average Bonchev–Trinajstić information content (AvgIpc) is 3.31. The second-order valence-corrected chi connectivity index (χ2v) is 13.5. The fraction of sp³-hybridized carbons (Fsp3) is 0.568. The van der Waals surface area contributed by atoms with E-state index in [0.29, 0.717) is 5.71 Å². The molecule has 1 aromatic carbocycles. The number of allylic oxidation sites excluding steroid dienone is 3. The fourth-order valence-corrected chi connectivity index (χ4v) is 6.30. The van der Waals surface area contributed by atoms with Gasteiger partial charge in [-0.1, -0.05) is 83.1 Å². The minimum Gasteiger partial charge on any atom is -0.496 e. The maximum absolute atomic E-state index is 8.19. The molecule has 4 rings (SSSR count). The van der Waals surface area contributed by atoms with Crippen LogP contribution < -0.4 is 4.74 Å². The summed E-state index contributed by atoms with van der Waals surface area (Å²) in [6.07, 6.45) is 17.5. The molecular weight excluding hydrogens is 617 g/mol. The Morgan fingerprint density at radius 3 is 2.34 bits per heavy atom. The van der Waals surface area contributed by atoms with E-state index >= 15 is 0 Å². The SMILES string of the molecule is CCC#C/C=C\C(CC)N=CC(=C(C)C)c1cc(C)c(C(=N)CCC)cn1.CCCN1C2CCC1COC2.CCCc1ccc(C)cc1OC. The third kappa shape index (κ3) is 14.0. The second kappa shape index (κ2) is 23.8. The van der Waals surface area contributed by atoms with Crippen molar-refractivity contribution < 1.29 is 9.47 Å². The van der Waals surface area contributed by atoms with E-state index in [-0.39, 0.29) is 6.04 Å². The van der Waals surface area contributed by atoms with Crippen molar-refractivity contribution in [3.8, 4) is 17.6 Å². The van der Waals surface area contributed by atoms with E-state index in [2.05, 4.69) is 107 Å². The van der Waals surface area contributed by atoms with Gasteiger partial charge in [-0.05, 0) is 108 Å². The summed E-state index contributed by atoms with van der Waals surface area (Å²) < 4.78 is 10.8. The van der Waals surface area contributed by atoms with Crippen molar-refractivity contribution in [3.05, 3.63) is 76.1 Å². The predicted molar refractivity (Wildman–Crippen MR) is 215 cm³/mol. The van der Waals surface area contributed by atoms with Gasteiger partial charge in [-0.15, -0.1) is 0 Å². The van der Waals surface area contributed by atoms with Gasteiger partial charge in [-0.3, -0.25) is 14.9 Å². The van der Waals surface area contributed by atoms with Crippen molar-refractivity contribution in [1.82, 2.24) is 9.88 Å².